The van der Waals surface area contributed by atoms with Crippen LogP contribution in [0.4, 0.5) is 5.82 Å². The molecule has 1 aromatic heterocycles. The third kappa shape index (κ3) is 1.84. The van der Waals surface area contributed by atoms with E-state index in [1.54, 1.807) is 20.3 Å². The zero-order chi connectivity index (χ0) is 14.1. The highest BCUT2D eigenvalue weighted by atomic mass is 16.5. The Labute approximate surface area is 116 Å². The van der Waals surface area contributed by atoms with Crippen molar-refractivity contribution in [2.45, 2.75) is 0 Å². The number of fused-ring (bicyclic) bond motifs is 1. The fourth-order valence-electron chi connectivity index (χ4n) is 2.38. The van der Waals surface area contributed by atoms with Gasteiger partial charge >= 0.3 is 0 Å². The molecule has 0 bridgehead atoms. The number of nitrogens with two attached hydrogens (primary N) is 1. The molecule has 0 aliphatic heterocycles. The summed E-state index contributed by atoms with van der Waals surface area (Å²) in [5.41, 5.74) is 7.34. The van der Waals surface area contributed by atoms with E-state index in [9.17, 15) is 0 Å². The monoisotopic (exact) mass is 269 g/mol. The Morgan fingerprint density at radius 1 is 1.05 bits per heavy atom. The van der Waals surface area contributed by atoms with Gasteiger partial charge in [-0.1, -0.05) is 24.3 Å². The van der Waals surface area contributed by atoms with Crippen molar-refractivity contribution in [2.24, 2.45) is 0 Å². The van der Waals surface area contributed by atoms with E-state index in [2.05, 4.69) is 10.2 Å². The van der Waals surface area contributed by atoms with Gasteiger partial charge in [-0.25, -0.2) is 0 Å². The van der Waals surface area contributed by atoms with E-state index in [0.717, 1.165) is 33.5 Å². The van der Waals surface area contributed by atoms with E-state index in [4.69, 9.17) is 15.2 Å². The summed E-state index contributed by atoms with van der Waals surface area (Å²) in [6, 6.07) is 11.6. The number of hydrogen-bond donors (Lipinski definition) is 2. The predicted molar refractivity (Wildman–Crippen MR) is 79.0 cm³/mol. The van der Waals surface area contributed by atoms with Crippen molar-refractivity contribution < 1.29 is 9.47 Å². The molecule has 5 nitrogen and oxygen atoms in total. The van der Waals surface area contributed by atoms with Crippen LogP contribution < -0.4 is 15.2 Å². The number of rotatable bonds is 3. The molecule has 0 spiro atoms. The molecule has 20 heavy (non-hydrogen) atoms. The molecule has 2 aromatic carbocycles. The summed E-state index contributed by atoms with van der Waals surface area (Å²) in [5.74, 6) is 1.99. The fourth-order valence-corrected chi connectivity index (χ4v) is 2.38. The Hall–Kier alpha value is -2.69. The molecule has 0 aliphatic carbocycles. The highest BCUT2D eigenvalue weighted by Gasteiger charge is 2.15. The normalized spacial score (nSPS) is 10.7. The largest absolute Gasteiger partial charge is 0.496 e. The molecule has 0 saturated heterocycles. The smallest absolute Gasteiger partial charge is 0.145 e. The molecule has 0 atom stereocenters. The second-order valence-corrected chi connectivity index (χ2v) is 4.41. The fraction of sp³-hybridized carbons (Fsp3) is 0.133. The minimum absolute atomic E-state index is 0.439. The molecule has 0 radical (unpaired) electrons. The molecule has 102 valence electrons. The SMILES string of the molecule is COc1cc(-c2cc(N)n[nH]2)c(OC)c2ccccc12. The zero-order valence-corrected chi connectivity index (χ0v) is 11.3. The van der Waals surface area contributed by atoms with E-state index in [0.29, 0.717) is 5.82 Å². The number of aromatic amines is 1. The van der Waals surface area contributed by atoms with Crippen molar-refractivity contribution >= 4 is 16.6 Å². The van der Waals surface area contributed by atoms with Crippen LogP contribution in [0.25, 0.3) is 22.0 Å². The quantitative estimate of drug-likeness (QED) is 0.766. The molecular weight excluding hydrogens is 254 g/mol. The van der Waals surface area contributed by atoms with Gasteiger partial charge in [-0.05, 0) is 6.07 Å². The molecule has 3 N–H and O–H groups in total. The molecule has 5 heteroatoms. The molecule has 3 rings (SSSR count). The Bertz CT molecular complexity index is 765. The van der Waals surface area contributed by atoms with Crippen molar-refractivity contribution in [3.8, 4) is 22.8 Å². The number of nitrogen functional groups attached to an aromatic ring is 1. The first-order valence-electron chi connectivity index (χ1n) is 6.19. The number of ether oxygens (including phenoxy) is 2. The van der Waals surface area contributed by atoms with Crippen LogP contribution in [0.1, 0.15) is 0 Å². The van der Waals surface area contributed by atoms with Crippen molar-refractivity contribution in [3.05, 3.63) is 36.4 Å². The summed E-state index contributed by atoms with van der Waals surface area (Å²) in [4.78, 5) is 0. The van der Waals surface area contributed by atoms with Gasteiger partial charge in [0.1, 0.15) is 17.3 Å². The first-order valence-corrected chi connectivity index (χ1v) is 6.19. The van der Waals surface area contributed by atoms with Crippen LogP contribution in [0.5, 0.6) is 11.5 Å². The Morgan fingerprint density at radius 2 is 1.80 bits per heavy atom. The van der Waals surface area contributed by atoms with Crippen molar-refractivity contribution in [3.63, 3.8) is 0 Å². The van der Waals surface area contributed by atoms with E-state index < -0.39 is 0 Å². The zero-order valence-electron chi connectivity index (χ0n) is 11.3. The Balaban J connectivity index is 2.36. The summed E-state index contributed by atoms with van der Waals surface area (Å²) in [6.07, 6.45) is 0. The maximum absolute atomic E-state index is 5.68. The third-order valence-corrected chi connectivity index (χ3v) is 3.27. The lowest BCUT2D eigenvalue weighted by molar-refractivity contribution is 0.411. The van der Waals surface area contributed by atoms with Gasteiger partial charge in [-0.3, -0.25) is 5.10 Å². The average molecular weight is 269 g/mol. The van der Waals surface area contributed by atoms with Gasteiger partial charge in [0.25, 0.3) is 0 Å². The Morgan fingerprint density at radius 3 is 2.40 bits per heavy atom. The van der Waals surface area contributed by atoms with Crippen LogP contribution >= 0.6 is 0 Å². The minimum atomic E-state index is 0.439. The van der Waals surface area contributed by atoms with E-state index in [1.165, 1.54) is 0 Å². The van der Waals surface area contributed by atoms with Crippen LogP contribution in [-0.4, -0.2) is 24.4 Å². The lowest BCUT2D eigenvalue weighted by atomic mass is 10.0. The third-order valence-electron chi connectivity index (χ3n) is 3.27. The maximum Gasteiger partial charge on any atom is 0.145 e. The van der Waals surface area contributed by atoms with Gasteiger partial charge in [0.05, 0.1) is 19.9 Å². The number of anilines is 1. The van der Waals surface area contributed by atoms with E-state index >= 15 is 0 Å². The Kier molecular flexibility index (Phi) is 2.95. The topological polar surface area (TPSA) is 73.2 Å². The second kappa shape index (κ2) is 4.77. The van der Waals surface area contributed by atoms with Gasteiger partial charge < -0.3 is 15.2 Å². The molecule has 3 aromatic rings. The van der Waals surface area contributed by atoms with Gasteiger partial charge in [0, 0.05) is 22.4 Å². The number of H-pyrrole nitrogens is 1. The summed E-state index contributed by atoms with van der Waals surface area (Å²) < 4.78 is 11.1. The highest BCUT2D eigenvalue weighted by molar-refractivity contribution is 5.99. The summed E-state index contributed by atoms with van der Waals surface area (Å²) in [6.45, 7) is 0. The second-order valence-electron chi connectivity index (χ2n) is 4.41. The van der Waals surface area contributed by atoms with Crippen molar-refractivity contribution in [1.82, 2.24) is 10.2 Å². The number of hydrogen-bond acceptors (Lipinski definition) is 4. The van der Waals surface area contributed by atoms with Crippen LogP contribution in [0, 0.1) is 0 Å². The van der Waals surface area contributed by atoms with Gasteiger partial charge in [0.2, 0.25) is 0 Å². The van der Waals surface area contributed by atoms with E-state index in [-0.39, 0.29) is 0 Å². The number of benzene rings is 2. The predicted octanol–water partition coefficient (Wildman–Crippen LogP) is 2.83. The summed E-state index contributed by atoms with van der Waals surface area (Å²) >= 11 is 0. The van der Waals surface area contributed by atoms with Gasteiger partial charge in [-0.15, -0.1) is 0 Å². The number of aromatic nitrogens is 2. The number of nitrogens with one attached hydrogen (secondary N) is 1. The first-order chi connectivity index (χ1) is 9.74. The standard InChI is InChI=1S/C15H15N3O2/c1-19-13-7-11(12-8-14(16)18-17-12)15(20-2)10-6-4-3-5-9(10)13/h3-8H,1-2H3,(H3,16,17,18). The molecule has 0 amide bonds. The van der Waals surface area contributed by atoms with E-state index in [1.807, 2.05) is 30.3 Å². The molecule has 0 aliphatic rings. The minimum Gasteiger partial charge on any atom is -0.496 e. The first kappa shape index (κ1) is 12.3. The lowest BCUT2D eigenvalue weighted by Crippen LogP contribution is -1.93. The van der Waals surface area contributed by atoms with Crippen molar-refractivity contribution in [1.29, 1.82) is 0 Å². The molecule has 0 saturated carbocycles. The summed E-state index contributed by atoms with van der Waals surface area (Å²) in [7, 11) is 3.30. The van der Waals surface area contributed by atoms with Gasteiger partial charge in [0.15, 0.2) is 0 Å². The molecular formula is C15H15N3O2. The highest BCUT2D eigenvalue weighted by Crippen LogP contribution is 2.41. The average Bonchev–Trinajstić information content (AvgIpc) is 2.91. The number of methoxy groups -OCH3 is 2. The van der Waals surface area contributed by atoms with Crippen LogP contribution in [0.2, 0.25) is 0 Å². The maximum atomic E-state index is 5.68. The molecule has 0 unspecified atom stereocenters. The van der Waals surface area contributed by atoms with Gasteiger partial charge in [-0.2, -0.15) is 5.10 Å². The lowest BCUT2D eigenvalue weighted by Gasteiger charge is -2.14. The number of nitrogens with zero attached hydrogens (tertiary/aromatic N) is 1. The van der Waals surface area contributed by atoms with Crippen LogP contribution in [0.15, 0.2) is 36.4 Å². The summed E-state index contributed by atoms with van der Waals surface area (Å²) in [5, 5.41) is 8.85. The molecule has 1 heterocycles. The van der Waals surface area contributed by atoms with Crippen molar-refractivity contribution in [2.75, 3.05) is 20.0 Å². The van der Waals surface area contributed by atoms with Crippen LogP contribution in [-0.2, 0) is 0 Å². The molecule has 0 fully saturated rings. The van der Waals surface area contributed by atoms with Crippen LogP contribution in [0.3, 0.4) is 0 Å².